The van der Waals surface area contributed by atoms with E-state index in [2.05, 4.69) is 15.3 Å². The lowest BCUT2D eigenvalue weighted by atomic mass is 10.2. The molecular formula is C16H24N4O3S. The minimum absolute atomic E-state index is 0.249. The number of ether oxygens (including phenoxy) is 2. The van der Waals surface area contributed by atoms with Crippen molar-refractivity contribution in [1.82, 2.24) is 9.97 Å². The molecule has 1 unspecified atom stereocenters. The molecule has 0 amide bonds. The molecule has 0 spiro atoms. The van der Waals surface area contributed by atoms with E-state index in [-0.39, 0.29) is 6.04 Å². The maximum absolute atomic E-state index is 11.4. The van der Waals surface area contributed by atoms with Gasteiger partial charge in [-0.15, -0.1) is 0 Å². The number of aromatic nitrogens is 2. The molecule has 0 aliphatic carbocycles. The fraction of sp³-hybridized carbons (Fsp3) is 0.500. The Morgan fingerprint density at radius 2 is 2.04 bits per heavy atom. The van der Waals surface area contributed by atoms with Gasteiger partial charge in [0.25, 0.3) is 0 Å². The smallest absolute Gasteiger partial charge is 0.163 e. The van der Waals surface area contributed by atoms with Crippen LogP contribution in [0.15, 0.2) is 18.5 Å². The molecule has 1 aromatic carbocycles. The number of hydrogen-bond donors (Lipinski definition) is 2. The summed E-state index contributed by atoms with van der Waals surface area (Å²) in [5.41, 5.74) is 0.753. The molecule has 132 valence electrons. The molecule has 2 N–H and O–H groups in total. The molecule has 1 heterocycles. The van der Waals surface area contributed by atoms with Crippen LogP contribution in [0.25, 0.3) is 10.9 Å². The van der Waals surface area contributed by atoms with Crippen LogP contribution in [-0.2, 0) is 9.73 Å². The van der Waals surface area contributed by atoms with Crippen molar-refractivity contribution in [2.24, 2.45) is 0 Å². The minimum Gasteiger partial charge on any atom is -0.493 e. The lowest BCUT2D eigenvalue weighted by Gasteiger charge is -2.15. The quantitative estimate of drug-likeness (QED) is 0.709. The van der Waals surface area contributed by atoms with Crippen LogP contribution in [0, 0.1) is 4.78 Å². The van der Waals surface area contributed by atoms with Gasteiger partial charge in [-0.05, 0) is 26.3 Å². The third-order valence-electron chi connectivity index (χ3n) is 3.28. The maximum Gasteiger partial charge on any atom is 0.163 e. The summed E-state index contributed by atoms with van der Waals surface area (Å²) in [5.74, 6) is 2.23. The zero-order valence-corrected chi connectivity index (χ0v) is 15.3. The van der Waals surface area contributed by atoms with Crippen LogP contribution in [-0.4, -0.2) is 45.9 Å². The number of fused-ring (bicyclic) bond motifs is 1. The lowest BCUT2D eigenvalue weighted by molar-refractivity contribution is 0.295. The first-order valence-corrected chi connectivity index (χ1v) is 9.87. The van der Waals surface area contributed by atoms with E-state index in [0.29, 0.717) is 30.3 Å². The van der Waals surface area contributed by atoms with Gasteiger partial charge < -0.3 is 14.8 Å². The normalized spacial score (nSPS) is 13.7. The van der Waals surface area contributed by atoms with E-state index in [1.54, 1.807) is 7.11 Å². The average Bonchev–Trinajstić information content (AvgIpc) is 2.49. The molecule has 0 aliphatic rings. The van der Waals surface area contributed by atoms with Gasteiger partial charge in [-0.3, -0.25) is 8.99 Å². The molecule has 0 saturated heterocycles. The van der Waals surface area contributed by atoms with Gasteiger partial charge in [0.05, 0.1) is 19.2 Å². The van der Waals surface area contributed by atoms with Crippen LogP contribution in [0.5, 0.6) is 11.5 Å². The highest BCUT2D eigenvalue weighted by molar-refractivity contribution is 7.91. The molecule has 1 aromatic heterocycles. The zero-order valence-electron chi connectivity index (χ0n) is 14.5. The first-order chi connectivity index (χ1) is 11.3. The molecule has 1 atom stereocenters. The van der Waals surface area contributed by atoms with Gasteiger partial charge in [-0.2, -0.15) is 0 Å². The largest absolute Gasteiger partial charge is 0.493 e. The minimum atomic E-state index is -2.49. The maximum atomic E-state index is 11.4. The van der Waals surface area contributed by atoms with Crippen LogP contribution >= 0.6 is 0 Å². The second-order valence-corrected chi connectivity index (χ2v) is 8.37. The van der Waals surface area contributed by atoms with Gasteiger partial charge in [0.2, 0.25) is 0 Å². The van der Waals surface area contributed by atoms with Crippen molar-refractivity contribution >= 4 is 26.4 Å². The first kappa shape index (κ1) is 18.3. The molecule has 7 nitrogen and oxygen atoms in total. The fourth-order valence-corrected chi connectivity index (χ4v) is 2.91. The van der Waals surface area contributed by atoms with Crippen LogP contribution in [0.1, 0.15) is 20.3 Å². The highest BCUT2D eigenvalue weighted by Crippen LogP contribution is 2.34. The highest BCUT2D eigenvalue weighted by Gasteiger charge is 2.12. The Kier molecular flexibility index (Phi) is 5.82. The van der Waals surface area contributed by atoms with Gasteiger partial charge in [0, 0.05) is 39.2 Å². The predicted molar refractivity (Wildman–Crippen MR) is 96.6 cm³/mol. The summed E-state index contributed by atoms with van der Waals surface area (Å²) in [5, 5.41) is 4.15. The van der Waals surface area contributed by atoms with E-state index < -0.39 is 9.73 Å². The number of nitrogens with zero attached hydrogens (tertiary/aromatic N) is 2. The third kappa shape index (κ3) is 4.95. The Balaban J connectivity index is 2.24. The number of methoxy groups -OCH3 is 1. The number of rotatable bonds is 8. The van der Waals surface area contributed by atoms with Crippen LogP contribution < -0.4 is 14.8 Å². The van der Waals surface area contributed by atoms with Gasteiger partial charge in [0.1, 0.15) is 12.1 Å². The average molecular weight is 352 g/mol. The van der Waals surface area contributed by atoms with Crippen molar-refractivity contribution in [3.05, 3.63) is 18.5 Å². The molecule has 0 fully saturated rings. The van der Waals surface area contributed by atoms with E-state index in [0.717, 1.165) is 16.7 Å². The summed E-state index contributed by atoms with van der Waals surface area (Å²) < 4.78 is 29.9. The van der Waals surface area contributed by atoms with Crippen molar-refractivity contribution in [3.8, 4) is 11.5 Å². The molecule has 0 saturated carbocycles. The van der Waals surface area contributed by atoms with Gasteiger partial charge in [-0.25, -0.2) is 9.97 Å². The van der Waals surface area contributed by atoms with Crippen molar-refractivity contribution in [2.45, 2.75) is 26.3 Å². The fourth-order valence-electron chi connectivity index (χ4n) is 2.24. The van der Waals surface area contributed by atoms with E-state index >= 15 is 0 Å². The summed E-state index contributed by atoms with van der Waals surface area (Å²) in [7, 11) is -0.907. The van der Waals surface area contributed by atoms with Crippen molar-refractivity contribution in [1.29, 1.82) is 4.78 Å². The zero-order chi connectivity index (χ0) is 17.7. The lowest BCUT2D eigenvalue weighted by Crippen LogP contribution is -2.11. The monoisotopic (exact) mass is 352 g/mol. The van der Waals surface area contributed by atoms with E-state index in [1.165, 1.54) is 12.6 Å². The topological polar surface area (TPSA) is 97.2 Å². The second kappa shape index (κ2) is 7.65. The number of nitrogens with one attached hydrogen (secondary N) is 2. The Morgan fingerprint density at radius 1 is 1.29 bits per heavy atom. The molecular weight excluding hydrogens is 328 g/mol. The number of anilines is 1. The van der Waals surface area contributed by atoms with Crippen LogP contribution in [0.3, 0.4) is 0 Å². The standard InChI is InChI=1S/C16H24N4O3S/c1-11(2)20-16-12-8-14(22-3)15(9-13(12)18-10-19-16)23-6-5-7-24(4,17)21/h8-11,17H,5-7H2,1-4H3,(H,18,19,20). The molecule has 0 aliphatic heterocycles. The van der Waals surface area contributed by atoms with E-state index in [9.17, 15) is 4.21 Å². The summed E-state index contributed by atoms with van der Waals surface area (Å²) in [6.07, 6.45) is 3.49. The predicted octanol–water partition coefficient (Wildman–Crippen LogP) is 2.90. The highest BCUT2D eigenvalue weighted by atomic mass is 32.2. The third-order valence-corrected chi connectivity index (χ3v) is 4.35. The molecule has 8 heteroatoms. The number of benzene rings is 1. The molecule has 2 rings (SSSR count). The molecule has 24 heavy (non-hydrogen) atoms. The SMILES string of the molecule is COc1cc2c(NC(C)C)ncnc2cc1OCCCS(C)(=N)=O. The number of hydrogen-bond acceptors (Lipinski definition) is 7. The van der Waals surface area contributed by atoms with Crippen LogP contribution in [0.4, 0.5) is 5.82 Å². The molecule has 2 aromatic rings. The molecule has 0 bridgehead atoms. The summed E-state index contributed by atoms with van der Waals surface area (Å²) in [6, 6.07) is 3.91. The molecule has 0 radical (unpaired) electrons. The van der Waals surface area contributed by atoms with E-state index in [4.69, 9.17) is 14.3 Å². The van der Waals surface area contributed by atoms with Gasteiger partial charge in [-0.1, -0.05) is 0 Å². The van der Waals surface area contributed by atoms with Crippen molar-refractivity contribution < 1.29 is 13.7 Å². The van der Waals surface area contributed by atoms with Gasteiger partial charge >= 0.3 is 0 Å². The van der Waals surface area contributed by atoms with Crippen molar-refractivity contribution in [3.63, 3.8) is 0 Å². The summed E-state index contributed by atoms with van der Waals surface area (Å²) >= 11 is 0. The van der Waals surface area contributed by atoms with Crippen LogP contribution in [0.2, 0.25) is 0 Å². The summed E-state index contributed by atoms with van der Waals surface area (Å²) in [4.78, 5) is 8.57. The second-order valence-electron chi connectivity index (χ2n) is 5.95. The Morgan fingerprint density at radius 3 is 2.67 bits per heavy atom. The Hall–Kier alpha value is -2.09. The van der Waals surface area contributed by atoms with E-state index in [1.807, 2.05) is 26.0 Å². The van der Waals surface area contributed by atoms with Gasteiger partial charge in [0.15, 0.2) is 11.5 Å². The van der Waals surface area contributed by atoms with Crippen molar-refractivity contribution in [2.75, 3.05) is 31.0 Å². The Bertz CT molecular complexity index is 806. The summed E-state index contributed by atoms with van der Waals surface area (Å²) in [6.45, 7) is 4.45. The first-order valence-electron chi connectivity index (χ1n) is 7.73. The Labute approximate surface area is 142 Å².